The van der Waals surface area contributed by atoms with Gasteiger partial charge in [0.2, 0.25) is 5.91 Å². The highest BCUT2D eigenvalue weighted by atomic mass is 16.2. The van der Waals surface area contributed by atoms with Gasteiger partial charge in [-0.3, -0.25) is 14.2 Å². The first-order valence-electron chi connectivity index (χ1n) is 10.5. The first-order valence-corrected chi connectivity index (χ1v) is 10.5. The number of hydrogen-bond donors (Lipinski definition) is 2. The van der Waals surface area contributed by atoms with Crippen LogP contribution in [0, 0.1) is 0 Å². The minimum Gasteiger partial charge on any atom is -0.322 e. The largest absolute Gasteiger partial charge is 0.326 e. The maximum absolute atomic E-state index is 12.8. The monoisotopic (exact) mass is 404 g/mol. The summed E-state index contributed by atoms with van der Waals surface area (Å²) in [4.78, 5) is 41.7. The number of benzene rings is 2. The lowest BCUT2D eigenvalue weighted by atomic mass is 10.0. The highest BCUT2D eigenvalue weighted by Crippen LogP contribution is 2.31. The Hall–Kier alpha value is -3.35. The number of aryl methyl sites for hydroxylation is 1. The zero-order valence-corrected chi connectivity index (χ0v) is 16.9. The van der Waals surface area contributed by atoms with Gasteiger partial charge in [-0.25, -0.2) is 4.79 Å². The van der Waals surface area contributed by atoms with E-state index < -0.39 is 0 Å². The Bertz CT molecular complexity index is 1220. The molecule has 7 heteroatoms. The Morgan fingerprint density at radius 1 is 1.07 bits per heavy atom. The Balaban J connectivity index is 1.40. The molecule has 2 aliphatic rings. The fraction of sp³-hybridized carbons (Fsp3) is 0.348. The van der Waals surface area contributed by atoms with Gasteiger partial charge in [0.1, 0.15) is 0 Å². The van der Waals surface area contributed by atoms with Gasteiger partial charge in [-0.2, -0.15) is 0 Å². The zero-order chi connectivity index (χ0) is 20.8. The summed E-state index contributed by atoms with van der Waals surface area (Å²) < 4.78 is 1.84. The van der Waals surface area contributed by atoms with Crippen molar-refractivity contribution >= 4 is 34.2 Å². The summed E-state index contributed by atoms with van der Waals surface area (Å²) >= 11 is 0. The number of aromatic nitrogens is 2. The Kier molecular flexibility index (Phi) is 4.46. The van der Waals surface area contributed by atoms with Crippen molar-refractivity contribution in [1.82, 2.24) is 9.55 Å². The molecule has 154 valence electrons. The molecule has 1 fully saturated rings. The van der Waals surface area contributed by atoms with E-state index in [4.69, 9.17) is 0 Å². The van der Waals surface area contributed by atoms with Crippen molar-refractivity contribution in [2.24, 2.45) is 0 Å². The van der Waals surface area contributed by atoms with Gasteiger partial charge in [-0.15, -0.1) is 0 Å². The molecule has 0 radical (unpaired) electrons. The topological polar surface area (TPSA) is 87.2 Å². The van der Waals surface area contributed by atoms with Crippen LogP contribution in [0.2, 0.25) is 0 Å². The van der Waals surface area contributed by atoms with Crippen LogP contribution < -0.4 is 15.9 Å². The van der Waals surface area contributed by atoms with Crippen molar-refractivity contribution in [2.45, 2.75) is 44.6 Å². The molecular formula is C23H24N4O3. The molecule has 0 spiro atoms. The van der Waals surface area contributed by atoms with E-state index in [1.807, 2.05) is 28.8 Å². The van der Waals surface area contributed by atoms with Crippen LogP contribution in [0.3, 0.4) is 0 Å². The summed E-state index contributed by atoms with van der Waals surface area (Å²) in [6.07, 6.45) is 5.49. The van der Waals surface area contributed by atoms with Crippen molar-refractivity contribution < 1.29 is 9.59 Å². The molecule has 2 amide bonds. The molecule has 0 bridgehead atoms. The molecule has 2 N–H and O–H groups in total. The van der Waals surface area contributed by atoms with E-state index in [0.29, 0.717) is 29.6 Å². The third-order valence-corrected chi connectivity index (χ3v) is 6.35. The van der Waals surface area contributed by atoms with Crippen LogP contribution in [0.4, 0.5) is 11.4 Å². The van der Waals surface area contributed by atoms with Crippen molar-refractivity contribution in [1.29, 1.82) is 0 Å². The second-order valence-corrected chi connectivity index (χ2v) is 8.22. The molecule has 1 aliphatic heterocycles. The first-order chi connectivity index (χ1) is 14.5. The van der Waals surface area contributed by atoms with Gasteiger partial charge in [0.05, 0.1) is 11.0 Å². The number of imidazole rings is 1. The van der Waals surface area contributed by atoms with Crippen LogP contribution in [-0.2, 0) is 11.2 Å². The molecule has 7 nitrogen and oxygen atoms in total. The van der Waals surface area contributed by atoms with E-state index >= 15 is 0 Å². The molecule has 0 atom stereocenters. The van der Waals surface area contributed by atoms with Crippen molar-refractivity contribution in [3.8, 4) is 0 Å². The van der Waals surface area contributed by atoms with Gasteiger partial charge in [0, 0.05) is 36.4 Å². The normalized spacial score (nSPS) is 16.8. The van der Waals surface area contributed by atoms with Crippen LogP contribution in [0.15, 0.2) is 41.2 Å². The summed E-state index contributed by atoms with van der Waals surface area (Å²) in [5.41, 5.74) is 4.55. The first kappa shape index (κ1) is 18.7. The number of aromatic amines is 1. The van der Waals surface area contributed by atoms with Gasteiger partial charge < -0.3 is 15.2 Å². The molecule has 2 aromatic carbocycles. The molecule has 1 aromatic heterocycles. The summed E-state index contributed by atoms with van der Waals surface area (Å²) in [6.45, 7) is 0. The number of rotatable bonds is 3. The van der Waals surface area contributed by atoms with Crippen molar-refractivity contribution in [2.75, 3.05) is 17.3 Å². The van der Waals surface area contributed by atoms with Crippen LogP contribution >= 0.6 is 0 Å². The van der Waals surface area contributed by atoms with Gasteiger partial charge in [-0.1, -0.05) is 12.8 Å². The predicted molar refractivity (Wildman–Crippen MR) is 116 cm³/mol. The lowest BCUT2D eigenvalue weighted by Crippen LogP contribution is -2.31. The second-order valence-electron chi connectivity index (χ2n) is 8.22. The number of nitrogens with zero attached hydrogens (tertiary/aromatic N) is 2. The fourth-order valence-electron chi connectivity index (χ4n) is 4.73. The predicted octanol–water partition coefficient (Wildman–Crippen LogP) is 3.61. The van der Waals surface area contributed by atoms with Gasteiger partial charge in [0.15, 0.2) is 0 Å². The summed E-state index contributed by atoms with van der Waals surface area (Å²) in [6, 6.07) is 11.2. The smallest absolute Gasteiger partial charge is 0.322 e. The molecule has 5 rings (SSSR count). The molecule has 1 saturated carbocycles. The number of fused-ring (bicyclic) bond motifs is 2. The average Bonchev–Trinajstić information content (AvgIpc) is 3.36. The van der Waals surface area contributed by atoms with Gasteiger partial charge >= 0.3 is 5.69 Å². The van der Waals surface area contributed by atoms with E-state index in [9.17, 15) is 14.4 Å². The van der Waals surface area contributed by atoms with E-state index in [2.05, 4.69) is 10.3 Å². The Labute approximate surface area is 173 Å². The standard InChI is InChI=1S/C23H24N4O3/c1-26-19-10-8-16(12-14(19)7-11-21(26)28)24-22(29)15-6-9-20-18(13-15)25-23(30)27(20)17-4-2-3-5-17/h6,8-10,12-13,17H,2-5,7,11H2,1H3,(H,24,29)(H,25,30). The lowest BCUT2D eigenvalue weighted by molar-refractivity contribution is -0.118. The minimum absolute atomic E-state index is 0.103. The molecule has 0 unspecified atom stereocenters. The number of anilines is 2. The Morgan fingerprint density at radius 2 is 1.87 bits per heavy atom. The second kappa shape index (κ2) is 7.16. The highest BCUT2D eigenvalue weighted by molar-refractivity contribution is 6.06. The van der Waals surface area contributed by atoms with Crippen LogP contribution in [0.1, 0.15) is 54.1 Å². The van der Waals surface area contributed by atoms with Crippen molar-refractivity contribution in [3.63, 3.8) is 0 Å². The molecule has 0 saturated heterocycles. The van der Waals surface area contributed by atoms with Crippen LogP contribution in [-0.4, -0.2) is 28.4 Å². The molecule has 30 heavy (non-hydrogen) atoms. The number of H-pyrrole nitrogens is 1. The van der Waals surface area contributed by atoms with Gasteiger partial charge in [0.25, 0.3) is 5.91 Å². The van der Waals surface area contributed by atoms with Crippen LogP contribution in [0.25, 0.3) is 11.0 Å². The van der Waals surface area contributed by atoms with E-state index in [1.165, 1.54) is 0 Å². The number of carbonyl (C=O) groups excluding carboxylic acids is 2. The number of nitrogens with one attached hydrogen (secondary N) is 2. The summed E-state index contributed by atoms with van der Waals surface area (Å²) in [7, 11) is 1.77. The number of carbonyl (C=O) groups is 2. The molecule has 3 aromatic rings. The van der Waals surface area contributed by atoms with E-state index in [1.54, 1.807) is 24.1 Å². The van der Waals surface area contributed by atoms with E-state index in [0.717, 1.165) is 42.5 Å². The molecular weight excluding hydrogens is 380 g/mol. The third kappa shape index (κ3) is 3.10. The quantitative estimate of drug-likeness (QED) is 0.699. The lowest BCUT2D eigenvalue weighted by Gasteiger charge is -2.26. The Morgan fingerprint density at radius 3 is 2.67 bits per heavy atom. The number of hydrogen-bond acceptors (Lipinski definition) is 3. The maximum Gasteiger partial charge on any atom is 0.326 e. The highest BCUT2D eigenvalue weighted by Gasteiger charge is 2.23. The maximum atomic E-state index is 12.8. The van der Waals surface area contributed by atoms with Crippen molar-refractivity contribution in [3.05, 3.63) is 58.0 Å². The SMILES string of the molecule is CN1C(=O)CCc2cc(NC(=O)c3ccc4c(c3)[nH]c(=O)n4C3CCCC3)ccc21. The average molecular weight is 404 g/mol. The summed E-state index contributed by atoms with van der Waals surface area (Å²) in [5, 5.41) is 2.93. The third-order valence-electron chi connectivity index (χ3n) is 6.35. The van der Waals surface area contributed by atoms with Crippen LogP contribution in [0.5, 0.6) is 0 Å². The fourth-order valence-corrected chi connectivity index (χ4v) is 4.73. The minimum atomic E-state index is -0.230. The molecule has 2 heterocycles. The molecule has 1 aliphatic carbocycles. The summed E-state index contributed by atoms with van der Waals surface area (Å²) in [5.74, 6) is -0.127. The zero-order valence-electron chi connectivity index (χ0n) is 16.9. The van der Waals surface area contributed by atoms with E-state index in [-0.39, 0.29) is 23.5 Å². The van der Waals surface area contributed by atoms with Gasteiger partial charge in [-0.05, 0) is 61.2 Å². The number of amides is 2.